The minimum absolute atomic E-state index is 1.25. The Hall–Kier alpha value is -2.73. The van der Waals surface area contributed by atoms with Crippen molar-refractivity contribution in [1.82, 2.24) is 0 Å². The number of rotatable bonds is 4. The fourth-order valence-corrected chi connectivity index (χ4v) is 4.47. The zero-order valence-corrected chi connectivity index (χ0v) is 22.1. The van der Waals surface area contributed by atoms with Gasteiger partial charge in [0.25, 0.3) is 0 Å². The van der Waals surface area contributed by atoms with Crippen molar-refractivity contribution in [3.63, 3.8) is 0 Å². The number of halogens is 1. The molecule has 177 valence electrons. The minimum atomic E-state index is 1.25. The maximum absolute atomic E-state index is 7.50. The molecule has 4 aromatic rings. The first-order chi connectivity index (χ1) is 17.8. The Morgan fingerprint density at radius 2 is 0.611 bits per heavy atom. The van der Waals surface area contributed by atoms with Crippen LogP contribution in [0.2, 0.25) is 0 Å². The molecule has 0 atom stereocenters. The SMILES string of the molecule is C[C]1[C](c2ccccc2)[C](c2ccccc2)[C](c2ccccc2)[C]1c1ccccc1.[C-]#[O+].[C-]#[O+].[Cl][Ru+]. The van der Waals surface area contributed by atoms with Gasteiger partial charge in [-0.15, -0.1) is 0 Å². The van der Waals surface area contributed by atoms with Crippen LogP contribution in [0.1, 0.15) is 29.2 Å². The molecule has 0 spiro atoms. The van der Waals surface area contributed by atoms with Gasteiger partial charge in [-0.25, -0.2) is 0 Å². The first-order valence-corrected chi connectivity index (χ1v) is 13.2. The summed E-state index contributed by atoms with van der Waals surface area (Å²) in [6, 6.07) is 43.1. The number of hydrogen-bond acceptors (Lipinski definition) is 0. The normalized spacial score (nSPS) is 14.3. The molecule has 5 radical (unpaired) electrons. The van der Waals surface area contributed by atoms with Crippen molar-refractivity contribution in [3.05, 3.63) is 186 Å². The monoisotopic (exact) mass is 576 g/mol. The summed E-state index contributed by atoms with van der Waals surface area (Å²) in [7, 11) is 4.57. The molecule has 1 saturated carbocycles. The second kappa shape index (κ2) is 16.1. The van der Waals surface area contributed by atoms with Gasteiger partial charge in [-0.3, -0.25) is 0 Å². The van der Waals surface area contributed by atoms with Crippen molar-refractivity contribution < 1.29 is 26.6 Å². The second-order valence-corrected chi connectivity index (χ2v) is 7.59. The summed E-state index contributed by atoms with van der Waals surface area (Å²) in [5.74, 6) is 6.58. The standard InChI is InChI=1S/C30H23.2CO.ClH.Ru/c1-22-27(23-14-6-2-7-15-23)29(25-18-10-4-11-19-25)30(26-20-12-5-13-21-26)28(22)24-16-8-3-9-17-24;2*1-2;;/h2-21H,1H3;;;1H;/q;;;;+2/p-1. The second-order valence-electron chi connectivity index (χ2n) is 7.59. The number of benzene rings is 4. The van der Waals surface area contributed by atoms with Crippen LogP contribution < -0.4 is 0 Å². The molecule has 5 rings (SSSR count). The molecule has 1 fully saturated rings. The van der Waals surface area contributed by atoms with Crippen LogP contribution in [0.4, 0.5) is 0 Å². The zero-order valence-electron chi connectivity index (χ0n) is 19.6. The van der Waals surface area contributed by atoms with E-state index in [9.17, 15) is 0 Å². The van der Waals surface area contributed by atoms with E-state index in [0.29, 0.717) is 0 Å². The number of hydrogen-bond donors (Lipinski definition) is 0. The third kappa shape index (κ3) is 6.73. The molecule has 1 aliphatic rings. The van der Waals surface area contributed by atoms with Crippen LogP contribution >= 0.6 is 9.69 Å². The van der Waals surface area contributed by atoms with E-state index < -0.39 is 0 Å². The average Bonchev–Trinajstić information content (AvgIpc) is 3.30. The maximum atomic E-state index is 7.50. The molecule has 4 aromatic carbocycles. The van der Waals surface area contributed by atoms with Gasteiger partial charge < -0.3 is 0 Å². The van der Waals surface area contributed by atoms with Crippen molar-refractivity contribution in [1.29, 1.82) is 0 Å². The van der Waals surface area contributed by atoms with Crippen molar-refractivity contribution in [2.75, 3.05) is 0 Å². The van der Waals surface area contributed by atoms with Crippen molar-refractivity contribution in [3.8, 4) is 0 Å². The molecule has 0 aliphatic heterocycles. The van der Waals surface area contributed by atoms with E-state index in [1.807, 2.05) is 17.3 Å². The van der Waals surface area contributed by atoms with Crippen LogP contribution in [0.15, 0.2) is 121 Å². The van der Waals surface area contributed by atoms with E-state index in [2.05, 4.69) is 151 Å². The molecule has 0 bridgehead atoms. The van der Waals surface area contributed by atoms with E-state index in [1.54, 1.807) is 0 Å². The van der Waals surface area contributed by atoms with E-state index in [0.717, 1.165) is 0 Å². The van der Waals surface area contributed by atoms with Gasteiger partial charge in [0.2, 0.25) is 0 Å². The van der Waals surface area contributed by atoms with Crippen LogP contribution in [-0.2, 0) is 26.6 Å². The van der Waals surface area contributed by atoms with Gasteiger partial charge >= 0.3 is 49.6 Å². The van der Waals surface area contributed by atoms with Crippen molar-refractivity contribution in [2.45, 2.75) is 6.92 Å². The third-order valence-corrected chi connectivity index (χ3v) is 5.75. The molecule has 4 heteroatoms. The van der Waals surface area contributed by atoms with Crippen LogP contribution in [0, 0.1) is 42.9 Å². The van der Waals surface area contributed by atoms with Gasteiger partial charge in [-0.1, -0.05) is 128 Å². The molecule has 36 heavy (non-hydrogen) atoms. The van der Waals surface area contributed by atoms with E-state index in [4.69, 9.17) is 9.30 Å². The van der Waals surface area contributed by atoms with Crippen LogP contribution in [0.5, 0.6) is 0 Å². The average molecular weight is 576 g/mol. The quantitative estimate of drug-likeness (QED) is 0.136. The molecule has 0 heterocycles. The summed E-state index contributed by atoms with van der Waals surface area (Å²) >= 11 is 1.82. The molecule has 0 unspecified atom stereocenters. The summed E-state index contributed by atoms with van der Waals surface area (Å²) in [4.78, 5) is 0. The Morgan fingerprint density at radius 3 is 0.833 bits per heavy atom. The Balaban J connectivity index is 0.000000710. The summed E-state index contributed by atoms with van der Waals surface area (Å²) in [5.41, 5.74) is 5.02. The molecule has 0 N–H and O–H groups in total. The van der Waals surface area contributed by atoms with Gasteiger partial charge in [0, 0.05) is 23.7 Å². The molecule has 0 amide bonds. The van der Waals surface area contributed by atoms with E-state index in [-0.39, 0.29) is 0 Å². The summed E-state index contributed by atoms with van der Waals surface area (Å²) in [5, 5.41) is 0. The molecule has 2 nitrogen and oxygen atoms in total. The fraction of sp³-hybridized carbons (Fsp3) is 0.0312. The van der Waals surface area contributed by atoms with Gasteiger partial charge in [-0.05, 0) is 28.2 Å². The molecule has 0 aromatic heterocycles. The van der Waals surface area contributed by atoms with Crippen LogP contribution in [0.25, 0.3) is 0 Å². The Kier molecular flexibility index (Phi) is 13.2. The Bertz CT molecular complexity index is 1070. The Morgan fingerprint density at radius 1 is 0.417 bits per heavy atom. The summed E-state index contributed by atoms with van der Waals surface area (Å²) in [6.45, 7) is 11.3. The summed E-state index contributed by atoms with van der Waals surface area (Å²) < 4.78 is 15.0. The van der Waals surface area contributed by atoms with Crippen molar-refractivity contribution in [2.24, 2.45) is 0 Å². The molecular weight excluding hydrogens is 553 g/mol. The summed E-state index contributed by atoms with van der Waals surface area (Å²) in [6.07, 6.45) is 0. The first-order valence-electron chi connectivity index (χ1n) is 10.9. The topological polar surface area (TPSA) is 39.8 Å². The van der Waals surface area contributed by atoms with Crippen molar-refractivity contribution >= 4 is 9.69 Å². The molecular formula is C32H23ClO2Ru+. The van der Waals surface area contributed by atoms with Crippen LogP contribution in [0.3, 0.4) is 0 Å². The van der Waals surface area contributed by atoms with Crippen LogP contribution in [-0.4, -0.2) is 0 Å². The van der Waals surface area contributed by atoms with Gasteiger partial charge in [0.05, 0.1) is 0 Å². The van der Waals surface area contributed by atoms with E-state index in [1.165, 1.54) is 51.8 Å². The molecule has 1 aliphatic carbocycles. The van der Waals surface area contributed by atoms with E-state index >= 15 is 0 Å². The van der Waals surface area contributed by atoms with Gasteiger partial charge in [-0.2, -0.15) is 0 Å². The molecule has 0 saturated heterocycles. The van der Waals surface area contributed by atoms with Gasteiger partial charge in [0.1, 0.15) is 0 Å². The Labute approximate surface area is 228 Å². The fourth-order valence-electron chi connectivity index (χ4n) is 4.47. The first kappa shape index (κ1) is 29.5. The van der Waals surface area contributed by atoms with Gasteiger partial charge in [0.15, 0.2) is 0 Å². The predicted octanol–water partition coefficient (Wildman–Crippen LogP) is 7.70. The zero-order chi connectivity index (χ0) is 26.3. The third-order valence-electron chi connectivity index (χ3n) is 5.75. The predicted molar refractivity (Wildman–Crippen MR) is 138 cm³/mol.